The molecule has 1 aromatic carbocycles. The van der Waals surface area contributed by atoms with Crippen LogP contribution in [0.5, 0.6) is 5.75 Å². The van der Waals surface area contributed by atoms with Gasteiger partial charge in [0.1, 0.15) is 5.75 Å². The molecule has 3 heteroatoms. The Morgan fingerprint density at radius 3 is 3.05 bits per heavy atom. The molecule has 0 bridgehead atoms. The summed E-state index contributed by atoms with van der Waals surface area (Å²) in [4.78, 5) is 0. The Hall–Kier alpha value is -0.730. The number of hydrogen-bond donors (Lipinski definition) is 1. The quantitative estimate of drug-likeness (QED) is 0.895. The van der Waals surface area contributed by atoms with Gasteiger partial charge in [-0.05, 0) is 48.4 Å². The number of halogens is 1. The van der Waals surface area contributed by atoms with E-state index in [2.05, 4.69) is 6.92 Å². The van der Waals surface area contributed by atoms with E-state index in [0.29, 0.717) is 5.92 Å². The predicted octanol–water partition coefficient (Wildman–Crippen LogP) is 3.73. The van der Waals surface area contributed by atoms with Gasteiger partial charge in [0.05, 0.1) is 6.61 Å². The second kappa shape index (κ2) is 4.99. The average Bonchev–Trinajstić information content (AvgIpc) is 2.81. The van der Waals surface area contributed by atoms with Crippen molar-refractivity contribution < 1.29 is 4.74 Å². The molecule has 1 heterocycles. The van der Waals surface area contributed by atoms with E-state index in [1.165, 1.54) is 30.4 Å². The molecule has 2 N–H and O–H groups in total. The van der Waals surface area contributed by atoms with Crippen molar-refractivity contribution in [2.45, 2.75) is 51.0 Å². The van der Waals surface area contributed by atoms with E-state index in [-0.39, 0.29) is 5.54 Å². The Kier molecular flexibility index (Phi) is 3.48. The average molecular weight is 280 g/mol. The van der Waals surface area contributed by atoms with Gasteiger partial charge in [0, 0.05) is 17.0 Å². The predicted molar refractivity (Wildman–Crippen MR) is 78.9 cm³/mol. The monoisotopic (exact) mass is 279 g/mol. The fraction of sp³-hybridized carbons (Fsp3) is 0.625. The number of hydrogen-bond acceptors (Lipinski definition) is 2. The van der Waals surface area contributed by atoms with Crippen LogP contribution in [0.15, 0.2) is 12.1 Å². The van der Waals surface area contributed by atoms with E-state index in [0.717, 1.165) is 36.6 Å². The molecule has 0 amide bonds. The van der Waals surface area contributed by atoms with Crippen molar-refractivity contribution in [2.75, 3.05) is 6.61 Å². The van der Waals surface area contributed by atoms with E-state index in [1.54, 1.807) is 0 Å². The molecule has 0 spiro atoms. The van der Waals surface area contributed by atoms with Crippen LogP contribution in [-0.2, 0) is 12.8 Å². The SMILES string of the molecule is CC1CCCCC1(N)Cc1cc(Cl)cc2c1OCC2. The van der Waals surface area contributed by atoms with Crippen LogP contribution in [0.4, 0.5) is 0 Å². The molecule has 1 aliphatic heterocycles. The molecule has 19 heavy (non-hydrogen) atoms. The lowest BCUT2D eigenvalue weighted by Crippen LogP contribution is -2.50. The zero-order valence-corrected chi connectivity index (χ0v) is 12.3. The molecular formula is C16H22ClNO. The Labute approximate surface area is 120 Å². The van der Waals surface area contributed by atoms with Gasteiger partial charge in [-0.15, -0.1) is 0 Å². The Morgan fingerprint density at radius 2 is 2.26 bits per heavy atom. The zero-order chi connectivity index (χ0) is 13.5. The standard InChI is InChI=1S/C16H22ClNO/c1-11-4-2-3-6-16(11,18)10-13-9-14(17)8-12-5-7-19-15(12)13/h8-9,11H,2-7,10,18H2,1H3. The summed E-state index contributed by atoms with van der Waals surface area (Å²) >= 11 is 6.23. The van der Waals surface area contributed by atoms with Crippen LogP contribution in [-0.4, -0.2) is 12.1 Å². The lowest BCUT2D eigenvalue weighted by atomic mass is 9.71. The second-order valence-electron chi connectivity index (χ2n) is 6.21. The molecule has 2 atom stereocenters. The number of rotatable bonds is 2. The maximum absolute atomic E-state index is 6.68. The molecule has 104 valence electrons. The molecule has 2 aliphatic rings. The summed E-state index contributed by atoms with van der Waals surface area (Å²) in [6, 6.07) is 4.07. The molecule has 2 unspecified atom stereocenters. The minimum atomic E-state index is -0.0946. The Bertz CT molecular complexity index is 488. The van der Waals surface area contributed by atoms with Gasteiger partial charge >= 0.3 is 0 Å². The summed E-state index contributed by atoms with van der Waals surface area (Å²) in [5, 5.41) is 0.811. The smallest absolute Gasteiger partial charge is 0.125 e. The van der Waals surface area contributed by atoms with E-state index in [1.807, 2.05) is 12.1 Å². The van der Waals surface area contributed by atoms with Crippen LogP contribution in [0.1, 0.15) is 43.7 Å². The lowest BCUT2D eigenvalue weighted by Gasteiger charge is -2.40. The van der Waals surface area contributed by atoms with E-state index >= 15 is 0 Å². The first kappa shape index (κ1) is 13.3. The Morgan fingerprint density at radius 1 is 1.42 bits per heavy atom. The molecule has 2 nitrogen and oxygen atoms in total. The first-order valence-corrected chi connectivity index (χ1v) is 7.69. The highest BCUT2D eigenvalue weighted by Crippen LogP contribution is 2.39. The van der Waals surface area contributed by atoms with Crippen LogP contribution < -0.4 is 10.5 Å². The van der Waals surface area contributed by atoms with Crippen LogP contribution in [0.25, 0.3) is 0 Å². The third kappa shape index (κ3) is 2.48. The summed E-state index contributed by atoms with van der Waals surface area (Å²) in [5.41, 5.74) is 9.04. The van der Waals surface area contributed by atoms with Crippen molar-refractivity contribution in [1.82, 2.24) is 0 Å². The van der Waals surface area contributed by atoms with Crippen molar-refractivity contribution in [3.63, 3.8) is 0 Å². The summed E-state index contributed by atoms with van der Waals surface area (Å²) in [7, 11) is 0. The summed E-state index contributed by atoms with van der Waals surface area (Å²) < 4.78 is 5.79. The van der Waals surface area contributed by atoms with Gasteiger partial charge in [-0.3, -0.25) is 0 Å². The number of benzene rings is 1. The molecule has 1 fully saturated rings. The van der Waals surface area contributed by atoms with Gasteiger partial charge in [0.25, 0.3) is 0 Å². The third-order valence-corrected chi connectivity index (χ3v) is 5.07. The third-order valence-electron chi connectivity index (χ3n) is 4.86. The lowest BCUT2D eigenvalue weighted by molar-refractivity contribution is 0.202. The molecule has 1 aromatic rings. The molecular weight excluding hydrogens is 258 g/mol. The van der Waals surface area contributed by atoms with E-state index < -0.39 is 0 Å². The van der Waals surface area contributed by atoms with Crippen LogP contribution in [0.2, 0.25) is 5.02 Å². The van der Waals surface area contributed by atoms with Crippen LogP contribution in [0.3, 0.4) is 0 Å². The summed E-state index contributed by atoms with van der Waals surface area (Å²) in [6.07, 6.45) is 6.75. The van der Waals surface area contributed by atoms with Gasteiger partial charge in [0.15, 0.2) is 0 Å². The molecule has 0 saturated heterocycles. The first-order valence-electron chi connectivity index (χ1n) is 7.31. The Balaban J connectivity index is 1.91. The topological polar surface area (TPSA) is 35.2 Å². The highest BCUT2D eigenvalue weighted by Gasteiger charge is 2.35. The zero-order valence-electron chi connectivity index (χ0n) is 11.5. The molecule has 1 saturated carbocycles. The maximum atomic E-state index is 6.68. The first-order chi connectivity index (χ1) is 9.08. The van der Waals surface area contributed by atoms with Gasteiger partial charge in [-0.2, -0.15) is 0 Å². The number of ether oxygens (including phenoxy) is 1. The summed E-state index contributed by atoms with van der Waals surface area (Å²) in [5.74, 6) is 1.62. The number of fused-ring (bicyclic) bond motifs is 1. The van der Waals surface area contributed by atoms with Gasteiger partial charge in [-0.25, -0.2) is 0 Å². The van der Waals surface area contributed by atoms with Crippen molar-refractivity contribution in [1.29, 1.82) is 0 Å². The van der Waals surface area contributed by atoms with Gasteiger partial charge in [-0.1, -0.05) is 31.4 Å². The van der Waals surface area contributed by atoms with Crippen LogP contribution in [0, 0.1) is 5.92 Å². The van der Waals surface area contributed by atoms with E-state index in [9.17, 15) is 0 Å². The molecule has 0 aromatic heterocycles. The molecule has 0 radical (unpaired) electrons. The molecule has 1 aliphatic carbocycles. The fourth-order valence-electron chi connectivity index (χ4n) is 3.53. The second-order valence-corrected chi connectivity index (χ2v) is 6.64. The maximum Gasteiger partial charge on any atom is 0.125 e. The molecule has 3 rings (SSSR count). The highest BCUT2D eigenvalue weighted by atomic mass is 35.5. The largest absolute Gasteiger partial charge is 0.493 e. The number of nitrogens with two attached hydrogens (primary N) is 1. The fourth-order valence-corrected chi connectivity index (χ4v) is 3.80. The van der Waals surface area contributed by atoms with Crippen molar-refractivity contribution in [2.24, 2.45) is 11.7 Å². The minimum absolute atomic E-state index is 0.0946. The van der Waals surface area contributed by atoms with Crippen molar-refractivity contribution >= 4 is 11.6 Å². The van der Waals surface area contributed by atoms with E-state index in [4.69, 9.17) is 22.1 Å². The van der Waals surface area contributed by atoms with Gasteiger partial charge < -0.3 is 10.5 Å². The summed E-state index contributed by atoms with van der Waals surface area (Å²) in [6.45, 7) is 3.06. The van der Waals surface area contributed by atoms with Gasteiger partial charge in [0.2, 0.25) is 0 Å². The van der Waals surface area contributed by atoms with Crippen LogP contribution >= 0.6 is 11.6 Å². The van der Waals surface area contributed by atoms with Crippen molar-refractivity contribution in [3.05, 3.63) is 28.3 Å². The minimum Gasteiger partial charge on any atom is -0.493 e. The van der Waals surface area contributed by atoms with Crippen molar-refractivity contribution in [3.8, 4) is 5.75 Å². The normalized spacial score (nSPS) is 29.9. The highest BCUT2D eigenvalue weighted by molar-refractivity contribution is 6.30.